The molecule has 0 aromatic rings. The molecule has 0 aromatic carbocycles. The van der Waals surface area contributed by atoms with E-state index < -0.39 is 97.5 Å². The van der Waals surface area contributed by atoms with Gasteiger partial charge in [-0.25, -0.2) is 9.13 Å². The standard InChI is InChI=1S/C79H154O17P2/c1-8-10-11-12-13-14-15-16-17-18-19-20-21-22-25-32-41-48-55-62-78(83)95-74(66-89-76(81)60-53-46-39-31-26-23-24-29-36-43-50-57-70(3)4)68-93-97(85,86)91-64-73(80)65-92-98(87,88)94-69-75(67-90-77(82)61-54-47-40-35-34-37-44-51-58-71(5)6)96-79(84)63-56-49-42-33-28-27-30-38-45-52-59-72(7)9-2/h70-75,80H,8-69H2,1-7H3,(H,85,86)(H,87,88)/t72?,73-,74-,75-/m1/s1. The van der Waals surface area contributed by atoms with Crippen LogP contribution in [-0.4, -0.2) is 96.7 Å². The number of carbonyl (C=O) groups excluding carboxylic acids is 4. The van der Waals surface area contributed by atoms with E-state index in [-0.39, 0.29) is 25.7 Å². The lowest BCUT2D eigenvalue weighted by Gasteiger charge is -2.21. The fourth-order valence-electron chi connectivity index (χ4n) is 12.1. The molecular weight excluding hydrogens is 1280 g/mol. The highest BCUT2D eigenvalue weighted by Crippen LogP contribution is 2.45. The molecule has 0 aliphatic heterocycles. The van der Waals surface area contributed by atoms with Gasteiger partial charge in [0.15, 0.2) is 12.2 Å². The van der Waals surface area contributed by atoms with Crippen LogP contribution in [0.3, 0.4) is 0 Å². The van der Waals surface area contributed by atoms with Crippen molar-refractivity contribution in [2.75, 3.05) is 39.6 Å². The number of carbonyl (C=O) groups is 4. The van der Waals surface area contributed by atoms with Crippen LogP contribution >= 0.6 is 15.6 Å². The zero-order valence-electron chi connectivity index (χ0n) is 64.3. The first-order valence-electron chi connectivity index (χ1n) is 40.9. The van der Waals surface area contributed by atoms with Crippen LogP contribution in [0.1, 0.15) is 408 Å². The van der Waals surface area contributed by atoms with E-state index in [2.05, 4.69) is 48.5 Å². The molecule has 98 heavy (non-hydrogen) atoms. The smallest absolute Gasteiger partial charge is 0.462 e. The number of phosphoric ester groups is 2. The van der Waals surface area contributed by atoms with Crippen LogP contribution in [0.5, 0.6) is 0 Å². The number of phosphoric acid groups is 2. The molecule has 3 unspecified atom stereocenters. The molecule has 0 spiro atoms. The summed E-state index contributed by atoms with van der Waals surface area (Å²) >= 11 is 0. The van der Waals surface area contributed by atoms with Crippen molar-refractivity contribution < 1.29 is 80.2 Å². The lowest BCUT2D eigenvalue weighted by Crippen LogP contribution is -2.30. The van der Waals surface area contributed by atoms with Crippen LogP contribution < -0.4 is 0 Å². The molecule has 0 aliphatic rings. The Morgan fingerprint density at radius 3 is 0.776 bits per heavy atom. The Morgan fingerprint density at radius 2 is 0.520 bits per heavy atom. The number of aliphatic hydroxyl groups is 1. The van der Waals surface area contributed by atoms with Crippen LogP contribution in [0.25, 0.3) is 0 Å². The summed E-state index contributed by atoms with van der Waals surface area (Å²) in [6.07, 6.45) is 56.8. The minimum Gasteiger partial charge on any atom is -0.462 e. The van der Waals surface area contributed by atoms with Crippen LogP contribution in [-0.2, 0) is 65.4 Å². The van der Waals surface area contributed by atoms with Crippen LogP contribution in [0.4, 0.5) is 0 Å². The van der Waals surface area contributed by atoms with Gasteiger partial charge in [0.25, 0.3) is 0 Å². The van der Waals surface area contributed by atoms with E-state index in [4.69, 9.17) is 37.0 Å². The number of hydrogen-bond acceptors (Lipinski definition) is 15. The number of rotatable bonds is 77. The molecule has 17 nitrogen and oxygen atoms in total. The highest BCUT2D eigenvalue weighted by Gasteiger charge is 2.30. The van der Waals surface area contributed by atoms with Crippen molar-refractivity contribution in [1.29, 1.82) is 0 Å². The molecule has 19 heteroatoms. The van der Waals surface area contributed by atoms with E-state index in [1.165, 1.54) is 218 Å². The first-order chi connectivity index (χ1) is 47.3. The van der Waals surface area contributed by atoms with Gasteiger partial charge in [0.2, 0.25) is 0 Å². The predicted octanol–water partition coefficient (Wildman–Crippen LogP) is 23.4. The highest BCUT2D eigenvalue weighted by atomic mass is 31.2. The Bertz CT molecular complexity index is 1910. The molecule has 0 radical (unpaired) electrons. The summed E-state index contributed by atoms with van der Waals surface area (Å²) in [5.74, 6) is 0.186. The van der Waals surface area contributed by atoms with Gasteiger partial charge in [-0.1, -0.05) is 357 Å². The third kappa shape index (κ3) is 71.1. The fraction of sp³-hybridized carbons (Fsp3) is 0.949. The molecule has 3 N–H and O–H groups in total. The van der Waals surface area contributed by atoms with Gasteiger partial charge in [-0.3, -0.25) is 37.3 Å². The van der Waals surface area contributed by atoms with Crippen molar-refractivity contribution in [3.63, 3.8) is 0 Å². The molecular formula is C79H154O17P2. The Balaban J connectivity index is 5.25. The molecule has 0 aliphatic carbocycles. The van der Waals surface area contributed by atoms with E-state index >= 15 is 0 Å². The predicted molar refractivity (Wildman–Crippen MR) is 400 cm³/mol. The number of aliphatic hydroxyl groups excluding tert-OH is 1. The minimum atomic E-state index is -4.96. The number of esters is 4. The van der Waals surface area contributed by atoms with Gasteiger partial charge < -0.3 is 33.8 Å². The Hall–Kier alpha value is -1.94. The summed E-state index contributed by atoms with van der Waals surface area (Å²) in [5.41, 5.74) is 0. The molecule has 582 valence electrons. The van der Waals surface area contributed by atoms with Gasteiger partial charge in [0.1, 0.15) is 19.3 Å². The maximum Gasteiger partial charge on any atom is 0.472 e. The van der Waals surface area contributed by atoms with E-state index in [1.807, 2.05) is 0 Å². The molecule has 0 fully saturated rings. The van der Waals surface area contributed by atoms with E-state index in [0.717, 1.165) is 108 Å². The Kier molecular flexibility index (Phi) is 68.1. The summed E-state index contributed by atoms with van der Waals surface area (Å²) in [6.45, 7) is 11.9. The second kappa shape index (κ2) is 69.4. The second-order valence-electron chi connectivity index (χ2n) is 29.6. The number of unbranched alkanes of at least 4 members (excludes halogenated alkanes) is 44. The topological polar surface area (TPSA) is 237 Å². The third-order valence-electron chi connectivity index (χ3n) is 18.7. The van der Waals surface area contributed by atoms with Gasteiger partial charge in [0.05, 0.1) is 26.4 Å². The van der Waals surface area contributed by atoms with Gasteiger partial charge in [-0.05, 0) is 43.4 Å². The van der Waals surface area contributed by atoms with Crippen LogP contribution in [0.2, 0.25) is 0 Å². The first-order valence-corrected chi connectivity index (χ1v) is 43.9. The fourth-order valence-corrected chi connectivity index (χ4v) is 13.7. The zero-order valence-corrected chi connectivity index (χ0v) is 66.0. The second-order valence-corrected chi connectivity index (χ2v) is 32.6. The molecule has 0 aromatic heterocycles. The maximum absolute atomic E-state index is 13.1. The van der Waals surface area contributed by atoms with Gasteiger partial charge in [-0.15, -0.1) is 0 Å². The summed E-state index contributed by atoms with van der Waals surface area (Å²) in [5, 5.41) is 10.6. The molecule has 0 bridgehead atoms. The maximum atomic E-state index is 13.1. The lowest BCUT2D eigenvalue weighted by atomic mass is 9.99. The van der Waals surface area contributed by atoms with Crippen molar-refractivity contribution in [3.05, 3.63) is 0 Å². The highest BCUT2D eigenvalue weighted by molar-refractivity contribution is 7.47. The van der Waals surface area contributed by atoms with E-state index in [1.54, 1.807) is 0 Å². The number of hydrogen-bond donors (Lipinski definition) is 3. The third-order valence-corrected chi connectivity index (χ3v) is 20.6. The summed E-state index contributed by atoms with van der Waals surface area (Å²) in [6, 6.07) is 0. The van der Waals surface area contributed by atoms with Crippen molar-refractivity contribution >= 4 is 39.5 Å². The summed E-state index contributed by atoms with van der Waals surface area (Å²) in [7, 11) is -9.92. The monoisotopic (exact) mass is 1440 g/mol. The van der Waals surface area contributed by atoms with Crippen molar-refractivity contribution in [2.45, 2.75) is 426 Å². The van der Waals surface area contributed by atoms with Gasteiger partial charge in [-0.2, -0.15) is 0 Å². The largest absolute Gasteiger partial charge is 0.472 e. The summed E-state index contributed by atoms with van der Waals surface area (Å²) < 4.78 is 68.7. The molecule has 0 heterocycles. The average Bonchev–Trinajstić information content (AvgIpc) is 1.59. The SMILES string of the molecule is CCCCCCCCCCCCCCCCCCCCCC(=O)O[C@H](COC(=O)CCCCCCCCCCCCCC(C)C)COP(=O)(O)OC[C@@H](O)COP(=O)(O)OC[C@@H](COC(=O)CCCCCCCCCCC(C)C)OC(=O)CCCCCCCCCCCCC(C)CC. The van der Waals surface area contributed by atoms with Gasteiger partial charge >= 0.3 is 39.5 Å². The van der Waals surface area contributed by atoms with Crippen LogP contribution in [0.15, 0.2) is 0 Å². The van der Waals surface area contributed by atoms with Crippen molar-refractivity contribution in [1.82, 2.24) is 0 Å². The average molecular weight is 1440 g/mol. The lowest BCUT2D eigenvalue weighted by molar-refractivity contribution is -0.161. The van der Waals surface area contributed by atoms with Crippen LogP contribution in [0, 0.1) is 17.8 Å². The van der Waals surface area contributed by atoms with Crippen molar-refractivity contribution in [2.24, 2.45) is 17.8 Å². The first kappa shape index (κ1) is 96.1. The zero-order chi connectivity index (χ0) is 72.3. The molecule has 6 atom stereocenters. The van der Waals surface area contributed by atoms with E-state index in [0.29, 0.717) is 25.7 Å². The van der Waals surface area contributed by atoms with Gasteiger partial charge in [0, 0.05) is 25.7 Å². The Morgan fingerprint density at radius 1 is 0.296 bits per heavy atom. The van der Waals surface area contributed by atoms with Crippen molar-refractivity contribution in [3.8, 4) is 0 Å². The molecule has 0 amide bonds. The molecule has 0 rings (SSSR count). The molecule has 0 saturated carbocycles. The minimum absolute atomic E-state index is 0.106. The quantitative estimate of drug-likeness (QED) is 0.0222. The number of ether oxygens (including phenoxy) is 4. The normalized spacial score (nSPS) is 14.3. The summed E-state index contributed by atoms with van der Waals surface area (Å²) in [4.78, 5) is 73.0. The van der Waals surface area contributed by atoms with E-state index in [9.17, 15) is 43.2 Å². The Labute approximate surface area is 600 Å². The molecule has 0 saturated heterocycles.